The second-order valence-electron chi connectivity index (χ2n) is 8.81. The Hall–Kier alpha value is -1.95. The Balaban J connectivity index is 1.37. The summed E-state index contributed by atoms with van der Waals surface area (Å²) in [6.07, 6.45) is 4.27. The van der Waals surface area contributed by atoms with Crippen LogP contribution in [0.25, 0.3) is 0 Å². The van der Waals surface area contributed by atoms with Crippen LogP contribution >= 0.6 is 0 Å². The average molecular weight is 390 g/mol. The van der Waals surface area contributed by atoms with Gasteiger partial charge in [-0.15, -0.1) is 0 Å². The van der Waals surface area contributed by atoms with Crippen LogP contribution in [0.1, 0.15) is 46.5 Å². The molecule has 6 heteroatoms. The first-order valence-electron chi connectivity index (χ1n) is 10.6. The van der Waals surface area contributed by atoms with E-state index in [0.29, 0.717) is 6.04 Å². The maximum Gasteiger partial charge on any atom is 0.410 e. The number of nitrogens with one attached hydrogen (secondary N) is 1. The van der Waals surface area contributed by atoms with Gasteiger partial charge >= 0.3 is 6.09 Å². The number of anilines is 1. The van der Waals surface area contributed by atoms with Gasteiger partial charge in [-0.25, -0.2) is 4.79 Å². The molecule has 0 bridgehead atoms. The topological polar surface area (TPSA) is 54.0 Å². The standard InChI is InChI=1S/C22H35N3O3/c1-22(2,3)28-21(26)25-14-10-19(11-15-25)23-18-6-8-20(9-7-18)27-17-16-24-12-4-5-13-24/h6-9,19,23H,4-5,10-17H2,1-3H3. The molecule has 0 saturated carbocycles. The van der Waals surface area contributed by atoms with E-state index in [1.54, 1.807) is 4.90 Å². The van der Waals surface area contributed by atoms with Crippen molar-refractivity contribution < 1.29 is 14.3 Å². The van der Waals surface area contributed by atoms with Gasteiger partial charge in [-0.3, -0.25) is 4.90 Å². The van der Waals surface area contributed by atoms with Gasteiger partial charge in [0.15, 0.2) is 0 Å². The van der Waals surface area contributed by atoms with Crippen LogP contribution in [0.4, 0.5) is 10.5 Å². The summed E-state index contributed by atoms with van der Waals surface area (Å²) in [7, 11) is 0. The van der Waals surface area contributed by atoms with Crippen molar-refractivity contribution in [1.82, 2.24) is 9.80 Å². The molecule has 2 saturated heterocycles. The van der Waals surface area contributed by atoms with E-state index in [1.165, 1.54) is 25.9 Å². The molecule has 6 nitrogen and oxygen atoms in total. The Morgan fingerprint density at radius 2 is 1.71 bits per heavy atom. The highest BCUT2D eigenvalue weighted by Gasteiger charge is 2.26. The number of carbonyl (C=O) groups excluding carboxylic acids is 1. The van der Waals surface area contributed by atoms with Crippen molar-refractivity contribution in [1.29, 1.82) is 0 Å². The Morgan fingerprint density at radius 3 is 2.32 bits per heavy atom. The molecule has 28 heavy (non-hydrogen) atoms. The fraction of sp³-hybridized carbons (Fsp3) is 0.682. The Bertz CT molecular complexity index is 613. The lowest BCUT2D eigenvalue weighted by molar-refractivity contribution is 0.0210. The number of carbonyl (C=O) groups is 1. The van der Waals surface area contributed by atoms with Crippen LogP contribution in [0.15, 0.2) is 24.3 Å². The van der Waals surface area contributed by atoms with Crippen LogP contribution in [-0.4, -0.2) is 66.9 Å². The van der Waals surface area contributed by atoms with Crippen molar-refractivity contribution in [2.45, 2.75) is 58.1 Å². The molecule has 0 atom stereocenters. The van der Waals surface area contributed by atoms with E-state index in [1.807, 2.05) is 32.9 Å². The van der Waals surface area contributed by atoms with Gasteiger partial charge < -0.3 is 19.7 Å². The average Bonchev–Trinajstić information content (AvgIpc) is 3.16. The first-order chi connectivity index (χ1) is 13.4. The maximum absolute atomic E-state index is 12.2. The normalized spacial score (nSPS) is 18.9. The Labute approximate surface area is 169 Å². The summed E-state index contributed by atoms with van der Waals surface area (Å²) >= 11 is 0. The van der Waals surface area contributed by atoms with Crippen LogP contribution in [-0.2, 0) is 4.74 Å². The van der Waals surface area contributed by atoms with E-state index in [0.717, 1.165) is 50.5 Å². The van der Waals surface area contributed by atoms with Gasteiger partial charge in [-0.1, -0.05) is 0 Å². The third-order valence-electron chi connectivity index (χ3n) is 5.25. The lowest BCUT2D eigenvalue weighted by atomic mass is 10.0. The molecule has 0 aliphatic carbocycles. The van der Waals surface area contributed by atoms with Gasteiger partial charge in [0.05, 0.1) is 0 Å². The summed E-state index contributed by atoms with van der Waals surface area (Å²) in [6, 6.07) is 8.59. The number of hydrogen-bond donors (Lipinski definition) is 1. The van der Waals surface area contributed by atoms with E-state index in [9.17, 15) is 4.79 Å². The minimum absolute atomic E-state index is 0.207. The third-order valence-corrected chi connectivity index (χ3v) is 5.25. The second kappa shape index (κ2) is 9.50. The van der Waals surface area contributed by atoms with E-state index in [4.69, 9.17) is 9.47 Å². The van der Waals surface area contributed by atoms with Gasteiger partial charge in [0.25, 0.3) is 0 Å². The van der Waals surface area contributed by atoms with Crippen molar-refractivity contribution in [3.63, 3.8) is 0 Å². The maximum atomic E-state index is 12.2. The van der Waals surface area contributed by atoms with Crippen molar-refractivity contribution >= 4 is 11.8 Å². The summed E-state index contributed by atoms with van der Waals surface area (Å²) in [5.74, 6) is 0.921. The van der Waals surface area contributed by atoms with Crippen LogP contribution in [0.3, 0.4) is 0 Å². The minimum atomic E-state index is -0.440. The lowest BCUT2D eigenvalue weighted by Crippen LogP contribution is -2.44. The second-order valence-corrected chi connectivity index (χ2v) is 8.81. The first-order valence-corrected chi connectivity index (χ1v) is 10.6. The van der Waals surface area contributed by atoms with Crippen LogP contribution in [0.5, 0.6) is 5.75 Å². The highest BCUT2D eigenvalue weighted by Crippen LogP contribution is 2.21. The molecule has 2 aliphatic rings. The molecule has 1 N–H and O–H groups in total. The number of ether oxygens (including phenoxy) is 2. The van der Waals surface area contributed by atoms with Gasteiger partial charge in [-0.2, -0.15) is 0 Å². The zero-order valence-electron chi connectivity index (χ0n) is 17.6. The number of piperidine rings is 1. The fourth-order valence-electron chi connectivity index (χ4n) is 3.71. The zero-order chi connectivity index (χ0) is 20.0. The molecule has 2 aliphatic heterocycles. The van der Waals surface area contributed by atoms with Crippen LogP contribution in [0, 0.1) is 0 Å². The summed E-state index contributed by atoms with van der Waals surface area (Å²) in [5, 5.41) is 3.57. The molecular weight excluding hydrogens is 354 g/mol. The number of rotatable bonds is 6. The quantitative estimate of drug-likeness (QED) is 0.798. The first kappa shape index (κ1) is 20.8. The van der Waals surface area contributed by atoms with E-state index >= 15 is 0 Å². The molecule has 1 amide bonds. The third kappa shape index (κ3) is 6.59. The van der Waals surface area contributed by atoms with Gasteiger partial charge in [0, 0.05) is 31.4 Å². The number of amides is 1. The monoisotopic (exact) mass is 389 g/mol. The van der Waals surface area contributed by atoms with Gasteiger partial charge in [0.2, 0.25) is 0 Å². The van der Waals surface area contributed by atoms with Crippen molar-refractivity contribution in [2.75, 3.05) is 44.6 Å². The largest absolute Gasteiger partial charge is 0.492 e. The molecule has 3 rings (SSSR count). The predicted octanol–water partition coefficient (Wildman–Crippen LogP) is 3.97. The molecule has 156 valence electrons. The molecule has 1 aromatic carbocycles. The zero-order valence-corrected chi connectivity index (χ0v) is 17.6. The van der Waals surface area contributed by atoms with Crippen LogP contribution in [0.2, 0.25) is 0 Å². The molecule has 0 radical (unpaired) electrons. The van der Waals surface area contributed by atoms with E-state index in [2.05, 4.69) is 22.3 Å². The fourth-order valence-corrected chi connectivity index (χ4v) is 3.71. The number of benzene rings is 1. The van der Waals surface area contributed by atoms with Crippen LogP contribution < -0.4 is 10.1 Å². The van der Waals surface area contributed by atoms with Crippen molar-refractivity contribution in [2.24, 2.45) is 0 Å². The van der Waals surface area contributed by atoms with Crippen molar-refractivity contribution in [3.8, 4) is 5.75 Å². The number of nitrogens with zero attached hydrogens (tertiary/aromatic N) is 2. The molecule has 0 spiro atoms. The molecule has 0 aromatic heterocycles. The number of likely N-dealkylation sites (tertiary alicyclic amines) is 2. The van der Waals surface area contributed by atoms with E-state index < -0.39 is 5.60 Å². The smallest absolute Gasteiger partial charge is 0.410 e. The molecule has 2 heterocycles. The molecule has 0 unspecified atom stereocenters. The van der Waals surface area contributed by atoms with Gasteiger partial charge in [0.1, 0.15) is 18.0 Å². The minimum Gasteiger partial charge on any atom is -0.492 e. The van der Waals surface area contributed by atoms with E-state index in [-0.39, 0.29) is 6.09 Å². The highest BCUT2D eigenvalue weighted by molar-refractivity contribution is 5.68. The number of hydrogen-bond acceptors (Lipinski definition) is 5. The Kier molecular flexibility index (Phi) is 7.05. The molecule has 2 fully saturated rings. The van der Waals surface area contributed by atoms with Crippen molar-refractivity contribution in [3.05, 3.63) is 24.3 Å². The predicted molar refractivity (Wildman–Crippen MR) is 112 cm³/mol. The highest BCUT2D eigenvalue weighted by atomic mass is 16.6. The summed E-state index contributed by atoms with van der Waals surface area (Å²) in [6.45, 7) is 11.3. The Morgan fingerprint density at radius 1 is 1.07 bits per heavy atom. The van der Waals surface area contributed by atoms with Gasteiger partial charge in [-0.05, 0) is 83.8 Å². The lowest BCUT2D eigenvalue weighted by Gasteiger charge is -2.34. The summed E-state index contributed by atoms with van der Waals surface area (Å²) in [5.41, 5.74) is 0.660. The summed E-state index contributed by atoms with van der Waals surface area (Å²) in [4.78, 5) is 16.4. The SMILES string of the molecule is CC(C)(C)OC(=O)N1CCC(Nc2ccc(OCCN3CCCC3)cc2)CC1. The molecular formula is C22H35N3O3. The molecule has 1 aromatic rings. The summed E-state index contributed by atoms with van der Waals surface area (Å²) < 4.78 is 11.3.